The highest BCUT2D eigenvalue weighted by Gasteiger charge is 1.95. The van der Waals surface area contributed by atoms with E-state index < -0.39 is 0 Å². The number of hydrogen-bond donors (Lipinski definition) is 1. The molecule has 0 saturated heterocycles. The van der Waals surface area contributed by atoms with Crippen LogP contribution < -0.4 is 5.73 Å². The molecule has 1 aromatic rings. The molecule has 0 saturated carbocycles. The minimum absolute atomic E-state index is 0.856. The normalized spacial score (nSPS) is 10.0. The molecule has 1 aromatic heterocycles. The summed E-state index contributed by atoms with van der Waals surface area (Å²) in [6.45, 7) is 5.11. The zero-order chi connectivity index (χ0) is 6.85. The minimum atomic E-state index is 0.856. The van der Waals surface area contributed by atoms with Gasteiger partial charge in [0.1, 0.15) is 5.82 Å². The van der Waals surface area contributed by atoms with Crippen LogP contribution in [0.15, 0.2) is 12.1 Å². The number of aromatic nitrogens is 1. The monoisotopic (exact) mass is 124 g/mol. The SMILES string of the molecule is CCn1c(C)ccc1N. The van der Waals surface area contributed by atoms with Crippen LogP contribution in [0.1, 0.15) is 12.6 Å². The van der Waals surface area contributed by atoms with E-state index in [1.54, 1.807) is 0 Å². The molecule has 0 bridgehead atoms. The molecule has 0 atom stereocenters. The quantitative estimate of drug-likeness (QED) is 0.602. The summed E-state index contributed by atoms with van der Waals surface area (Å²) in [7, 11) is 0. The smallest absolute Gasteiger partial charge is 0.103 e. The van der Waals surface area contributed by atoms with Gasteiger partial charge in [-0.3, -0.25) is 0 Å². The van der Waals surface area contributed by atoms with Gasteiger partial charge in [0.2, 0.25) is 0 Å². The summed E-state index contributed by atoms with van der Waals surface area (Å²) in [5.41, 5.74) is 6.85. The van der Waals surface area contributed by atoms with Crippen LogP contribution in [0, 0.1) is 6.92 Å². The van der Waals surface area contributed by atoms with E-state index in [0.29, 0.717) is 0 Å². The Kier molecular flexibility index (Phi) is 1.47. The minimum Gasteiger partial charge on any atom is -0.385 e. The van der Waals surface area contributed by atoms with Crippen molar-refractivity contribution in [2.75, 3.05) is 5.73 Å². The zero-order valence-corrected chi connectivity index (χ0v) is 5.89. The summed E-state index contributed by atoms with van der Waals surface area (Å²) < 4.78 is 2.07. The van der Waals surface area contributed by atoms with E-state index >= 15 is 0 Å². The molecule has 0 fully saturated rings. The summed E-state index contributed by atoms with van der Waals surface area (Å²) in [4.78, 5) is 0. The molecular formula is C7H12N2. The number of nitrogens with zero attached hydrogens (tertiary/aromatic N) is 1. The van der Waals surface area contributed by atoms with Gasteiger partial charge in [0.05, 0.1) is 0 Å². The number of nitrogens with two attached hydrogens (primary N) is 1. The lowest BCUT2D eigenvalue weighted by Crippen LogP contribution is -2.00. The van der Waals surface area contributed by atoms with Gasteiger partial charge in [-0.05, 0) is 26.0 Å². The number of nitrogen functional groups attached to an aromatic ring is 1. The third-order valence-corrected chi connectivity index (χ3v) is 1.55. The highest BCUT2D eigenvalue weighted by atomic mass is 15.0. The van der Waals surface area contributed by atoms with E-state index in [1.807, 2.05) is 12.1 Å². The van der Waals surface area contributed by atoms with Crippen molar-refractivity contribution in [3.05, 3.63) is 17.8 Å². The van der Waals surface area contributed by atoms with Crippen LogP contribution >= 0.6 is 0 Å². The van der Waals surface area contributed by atoms with Crippen LogP contribution in [-0.2, 0) is 6.54 Å². The maximum atomic E-state index is 5.61. The topological polar surface area (TPSA) is 30.9 Å². The Morgan fingerprint density at radius 3 is 2.44 bits per heavy atom. The van der Waals surface area contributed by atoms with E-state index in [0.717, 1.165) is 12.4 Å². The molecule has 0 aliphatic rings. The standard InChI is InChI=1S/C7H12N2/c1-3-9-6(2)4-5-7(9)8/h4-5H,3,8H2,1-2H3. The van der Waals surface area contributed by atoms with Crippen molar-refractivity contribution in [1.82, 2.24) is 4.57 Å². The van der Waals surface area contributed by atoms with Crippen molar-refractivity contribution < 1.29 is 0 Å². The molecule has 9 heavy (non-hydrogen) atoms. The first-order valence-electron chi connectivity index (χ1n) is 3.17. The number of aryl methyl sites for hydroxylation is 1. The third-order valence-electron chi connectivity index (χ3n) is 1.55. The van der Waals surface area contributed by atoms with Crippen LogP contribution in [0.5, 0.6) is 0 Å². The Morgan fingerprint density at radius 2 is 2.22 bits per heavy atom. The van der Waals surface area contributed by atoms with Crippen molar-refractivity contribution in [2.45, 2.75) is 20.4 Å². The van der Waals surface area contributed by atoms with Gasteiger partial charge >= 0.3 is 0 Å². The first-order valence-corrected chi connectivity index (χ1v) is 3.17. The maximum Gasteiger partial charge on any atom is 0.103 e. The largest absolute Gasteiger partial charge is 0.385 e. The first kappa shape index (κ1) is 6.20. The second-order valence-electron chi connectivity index (χ2n) is 2.14. The van der Waals surface area contributed by atoms with Crippen LogP contribution in [0.4, 0.5) is 5.82 Å². The Morgan fingerprint density at radius 1 is 1.56 bits per heavy atom. The molecular weight excluding hydrogens is 112 g/mol. The predicted molar refractivity (Wildman–Crippen MR) is 39.3 cm³/mol. The molecule has 0 radical (unpaired) electrons. The second-order valence-corrected chi connectivity index (χ2v) is 2.14. The van der Waals surface area contributed by atoms with E-state index in [1.165, 1.54) is 5.69 Å². The lowest BCUT2D eigenvalue weighted by atomic mass is 10.5. The Hall–Kier alpha value is -0.920. The van der Waals surface area contributed by atoms with Crippen molar-refractivity contribution in [2.24, 2.45) is 0 Å². The van der Waals surface area contributed by atoms with Crippen molar-refractivity contribution in [3.8, 4) is 0 Å². The molecule has 0 aromatic carbocycles. The molecule has 50 valence electrons. The second kappa shape index (κ2) is 2.13. The van der Waals surface area contributed by atoms with Gasteiger partial charge < -0.3 is 10.3 Å². The first-order chi connectivity index (χ1) is 4.25. The molecule has 0 aliphatic heterocycles. The third kappa shape index (κ3) is 0.922. The molecule has 0 unspecified atom stereocenters. The van der Waals surface area contributed by atoms with Crippen molar-refractivity contribution in [3.63, 3.8) is 0 Å². The predicted octanol–water partition coefficient (Wildman–Crippen LogP) is 1.40. The molecule has 0 aliphatic carbocycles. The van der Waals surface area contributed by atoms with E-state index in [2.05, 4.69) is 18.4 Å². The van der Waals surface area contributed by atoms with Gasteiger partial charge in [-0.25, -0.2) is 0 Å². The van der Waals surface area contributed by atoms with Crippen LogP contribution in [0.3, 0.4) is 0 Å². The van der Waals surface area contributed by atoms with Gasteiger partial charge in [-0.15, -0.1) is 0 Å². The Bertz CT molecular complexity index is 181. The van der Waals surface area contributed by atoms with Gasteiger partial charge in [-0.2, -0.15) is 0 Å². The van der Waals surface area contributed by atoms with Crippen LogP contribution in [-0.4, -0.2) is 4.57 Å². The highest BCUT2D eigenvalue weighted by molar-refractivity contribution is 5.33. The van der Waals surface area contributed by atoms with Gasteiger partial charge in [0, 0.05) is 12.2 Å². The molecule has 2 heteroatoms. The average molecular weight is 124 g/mol. The number of rotatable bonds is 1. The lowest BCUT2D eigenvalue weighted by Gasteiger charge is -2.02. The lowest BCUT2D eigenvalue weighted by molar-refractivity contribution is 0.753. The van der Waals surface area contributed by atoms with Crippen molar-refractivity contribution >= 4 is 5.82 Å². The average Bonchev–Trinajstić information content (AvgIpc) is 2.12. The van der Waals surface area contributed by atoms with Crippen molar-refractivity contribution in [1.29, 1.82) is 0 Å². The number of hydrogen-bond acceptors (Lipinski definition) is 1. The van der Waals surface area contributed by atoms with E-state index in [4.69, 9.17) is 5.73 Å². The Balaban J connectivity index is 3.07. The molecule has 0 amide bonds. The van der Waals surface area contributed by atoms with Gasteiger partial charge in [0.15, 0.2) is 0 Å². The molecule has 1 rings (SSSR count). The maximum absolute atomic E-state index is 5.61. The molecule has 1 heterocycles. The van der Waals surface area contributed by atoms with E-state index in [9.17, 15) is 0 Å². The van der Waals surface area contributed by atoms with E-state index in [-0.39, 0.29) is 0 Å². The fourth-order valence-electron chi connectivity index (χ4n) is 1.02. The summed E-state index contributed by atoms with van der Waals surface area (Å²) >= 11 is 0. The Labute approximate surface area is 55.3 Å². The molecule has 2 N–H and O–H groups in total. The number of anilines is 1. The summed E-state index contributed by atoms with van der Waals surface area (Å²) in [6, 6.07) is 3.96. The zero-order valence-electron chi connectivity index (χ0n) is 5.89. The fourth-order valence-corrected chi connectivity index (χ4v) is 1.02. The summed E-state index contributed by atoms with van der Waals surface area (Å²) in [5.74, 6) is 0.856. The molecule has 0 spiro atoms. The highest BCUT2D eigenvalue weighted by Crippen LogP contribution is 2.08. The summed E-state index contributed by atoms with van der Waals surface area (Å²) in [5, 5.41) is 0. The molecule has 2 nitrogen and oxygen atoms in total. The van der Waals surface area contributed by atoms with Gasteiger partial charge in [-0.1, -0.05) is 0 Å². The fraction of sp³-hybridized carbons (Fsp3) is 0.429. The summed E-state index contributed by atoms with van der Waals surface area (Å²) in [6.07, 6.45) is 0. The van der Waals surface area contributed by atoms with Crippen LogP contribution in [0.2, 0.25) is 0 Å². The van der Waals surface area contributed by atoms with Gasteiger partial charge in [0.25, 0.3) is 0 Å². The van der Waals surface area contributed by atoms with Crippen LogP contribution in [0.25, 0.3) is 0 Å².